The predicted molar refractivity (Wildman–Crippen MR) is 165 cm³/mol. The molecule has 2 atom stereocenters. The maximum absolute atomic E-state index is 13.5. The zero-order chi connectivity index (χ0) is 32.8. The molecule has 0 fully saturated rings. The Kier molecular flexibility index (Phi) is 6.93. The van der Waals surface area contributed by atoms with Crippen LogP contribution in [-0.2, 0) is 4.79 Å². The number of aromatic amines is 1. The van der Waals surface area contributed by atoms with Gasteiger partial charge >= 0.3 is 0 Å². The van der Waals surface area contributed by atoms with Gasteiger partial charge in [-0.3, -0.25) is 14.7 Å². The summed E-state index contributed by atoms with van der Waals surface area (Å²) in [5, 5.41) is 60.2. The molecule has 0 saturated carbocycles. The molecular weight excluding hydrogens is 614 g/mol. The molecule has 2 unspecified atom stereocenters. The van der Waals surface area contributed by atoms with Crippen molar-refractivity contribution in [2.45, 2.75) is 12.4 Å². The summed E-state index contributed by atoms with van der Waals surface area (Å²) in [6.07, 6.45) is 0.583. The fourth-order valence-corrected chi connectivity index (χ4v) is 5.03. The van der Waals surface area contributed by atoms with Crippen LogP contribution in [0.2, 0.25) is 0 Å². The molecule has 1 aliphatic rings. The van der Waals surface area contributed by atoms with Crippen molar-refractivity contribution in [1.82, 2.24) is 10.2 Å². The van der Waals surface area contributed by atoms with Gasteiger partial charge in [0, 0.05) is 29.1 Å². The molecule has 6 aromatic rings. The highest BCUT2D eigenvalue weighted by molar-refractivity contribution is 5.95. The summed E-state index contributed by atoms with van der Waals surface area (Å²) in [6, 6.07) is 18.2. The van der Waals surface area contributed by atoms with Crippen LogP contribution in [0, 0.1) is 0 Å². The number of rotatable bonds is 6. The molecule has 14 nitrogen and oxygen atoms in total. The highest BCUT2D eigenvalue weighted by Crippen LogP contribution is 2.44. The lowest BCUT2D eigenvalue weighted by Gasteiger charge is -2.33. The van der Waals surface area contributed by atoms with E-state index in [1.807, 2.05) is 0 Å². The Bertz CT molecular complexity index is 2210. The number of aromatic hydroxyl groups is 5. The monoisotopic (exact) mass is 637 g/mol. The lowest BCUT2D eigenvalue weighted by Crippen LogP contribution is -2.50. The van der Waals surface area contributed by atoms with Gasteiger partial charge in [0.15, 0.2) is 40.3 Å². The van der Waals surface area contributed by atoms with E-state index in [9.17, 15) is 35.1 Å². The van der Waals surface area contributed by atoms with Crippen LogP contribution in [0.4, 0.5) is 5.69 Å². The summed E-state index contributed by atoms with van der Waals surface area (Å²) in [5.74, 6) is -4.76. The number of anilines is 1. The SMILES string of the molecule is O=C(Nc1ccc(-c2cn[nH]c2)cc1)C1Oc2ccccc2OC1Oc1cc(-c2oc3cc(O)c(O)c(O)c3c(=O)c2O)ccc1O. The van der Waals surface area contributed by atoms with Crippen molar-refractivity contribution >= 4 is 22.6 Å². The highest BCUT2D eigenvalue weighted by atomic mass is 16.7. The van der Waals surface area contributed by atoms with Gasteiger partial charge in [-0.1, -0.05) is 24.3 Å². The number of para-hydroxylation sites is 2. The summed E-state index contributed by atoms with van der Waals surface area (Å²) >= 11 is 0. The molecule has 3 heterocycles. The van der Waals surface area contributed by atoms with Crippen LogP contribution in [0.15, 0.2) is 94.4 Å². The summed E-state index contributed by atoms with van der Waals surface area (Å²) < 4.78 is 23.6. The number of carbonyl (C=O) groups excluding carboxylic acids is 1. The van der Waals surface area contributed by atoms with Crippen LogP contribution in [0.25, 0.3) is 33.4 Å². The number of phenolic OH excluding ortho intramolecular Hbond substituents is 4. The first kappa shape index (κ1) is 28.9. The number of fused-ring (bicyclic) bond motifs is 2. The average molecular weight is 638 g/mol. The lowest BCUT2D eigenvalue weighted by molar-refractivity contribution is -0.143. The first-order chi connectivity index (χ1) is 22.7. The van der Waals surface area contributed by atoms with Gasteiger partial charge in [0.2, 0.25) is 23.0 Å². The molecular formula is C33H23N3O11. The number of nitrogens with zero attached hydrogens (tertiary/aromatic N) is 1. The van der Waals surface area contributed by atoms with E-state index in [2.05, 4.69) is 15.5 Å². The van der Waals surface area contributed by atoms with Gasteiger partial charge in [0.1, 0.15) is 11.0 Å². The minimum atomic E-state index is -1.44. The number of benzene rings is 4. The minimum Gasteiger partial charge on any atom is -0.504 e. The highest BCUT2D eigenvalue weighted by Gasteiger charge is 2.39. The fraction of sp³-hybridized carbons (Fsp3) is 0.0606. The van der Waals surface area contributed by atoms with Crippen molar-refractivity contribution in [3.05, 3.63) is 95.4 Å². The Balaban J connectivity index is 1.21. The third-order valence-corrected chi connectivity index (χ3v) is 7.39. The third kappa shape index (κ3) is 5.18. The molecule has 236 valence electrons. The molecule has 4 aromatic carbocycles. The number of aromatic nitrogens is 2. The standard InChI is InChI=1S/C33H23N3O11/c37-19-10-7-16(30-29(42)28(41)25-24(45-30)12-20(38)26(39)27(25)40)11-23(19)47-33-31(44-21-3-1-2-4-22(21)46-33)32(43)36-18-8-5-15(6-9-18)17-13-34-35-14-17/h1-14,31,33,37-40,42H,(H,34,35)(H,36,43). The summed E-state index contributed by atoms with van der Waals surface area (Å²) in [4.78, 5) is 26.4. The van der Waals surface area contributed by atoms with E-state index < -0.39 is 63.6 Å². The molecule has 14 heteroatoms. The zero-order valence-corrected chi connectivity index (χ0v) is 23.9. The first-order valence-corrected chi connectivity index (χ1v) is 13.9. The molecule has 0 aliphatic carbocycles. The lowest BCUT2D eigenvalue weighted by atomic mass is 10.1. The van der Waals surface area contributed by atoms with Crippen molar-refractivity contribution in [1.29, 1.82) is 0 Å². The summed E-state index contributed by atoms with van der Waals surface area (Å²) in [7, 11) is 0. The van der Waals surface area contributed by atoms with E-state index >= 15 is 0 Å². The van der Waals surface area contributed by atoms with Crippen molar-refractivity contribution in [2.75, 3.05) is 5.32 Å². The molecule has 7 rings (SSSR count). The molecule has 0 radical (unpaired) electrons. The van der Waals surface area contributed by atoms with Gasteiger partial charge in [0.05, 0.1) is 6.20 Å². The van der Waals surface area contributed by atoms with Crippen molar-refractivity contribution in [3.63, 3.8) is 0 Å². The van der Waals surface area contributed by atoms with E-state index in [0.29, 0.717) is 5.69 Å². The largest absolute Gasteiger partial charge is 0.504 e. The predicted octanol–water partition coefficient (Wildman–Crippen LogP) is 4.56. The smallest absolute Gasteiger partial charge is 0.287 e. The maximum Gasteiger partial charge on any atom is 0.287 e. The minimum absolute atomic E-state index is 0.0252. The van der Waals surface area contributed by atoms with Crippen LogP contribution < -0.4 is 25.0 Å². The summed E-state index contributed by atoms with van der Waals surface area (Å²) in [5.41, 5.74) is 0.782. The van der Waals surface area contributed by atoms with Crippen LogP contribution in [-0.4, -0.2) is 54.0 Å². The molecule has 7 N–H and O–H groups in total. The van der Waals surface area contributed by atoms with Crippen LogP contribution in [0.1, 0.15) is 0 Å². The molecule has 1 amide bonds. The Labute approximate surface area is 263 Å². The third-order valence-electron chi connectivity index (χ3n) is 7.39. The first-order valence-electron chi connectivity index (χ1n) is 13.9. The molecule has 1 aliphatic heterocycles. The number of hydrogen-bond donors (Lipinski definition) is 7. The number of nitrogens with one attached hydrogen (secondary N) is 2. The van der Waals surface area contributed by atoms with Crippen LogP contribution in [0.5, 0.6) is 46.0 Å². The van der Waals surface area contributed by atoms with Gasteiger partial charge < -0.3 is 49.5 Å². The number of H-pyrrole nitrogens is 1. The topological polar surface area (TPSA) is 217 Å². The van der Waals surface area contributed by atoms with E-state index in [1.165, 1.54) is 18.2 Å². The quantitative estimate of drug-likeness (QED) is 0.125. The molecule has 47 heavy (non-hydrogen) atoms. The molecule has 0 saturated heterocycles. The van der Waals surface area contributed by atoms with Gasteiger partial charge in [-0.05, 0) is 48.0 Å². The Morgan fingerprint density at radius 1 is 0.809 bits per heavy atom. The molecule has 0 bridgehead atoms. The zero-order valence-electron chi connectivity index (χ0n) is 23.9. The fourth-order valence-electron chi connectivity index (χ4n) is 5.03. The average Bonchev–Trinajstić information content (AvgIpc) is 3.61. The van der Waals surface area contributed by atoms with Crippen LogP contribution >= 0.6 is 0 Å². The van der Waals surface area contributed by atoms with Crippen LogP contribution in [0.3, 0.4) is 0 Å². The number of hydrogen-bond acceptors (Lipinski definition) is 12. The van der Waals surface area contributed by atoms with Gasteiger partial charge in [-0.2, -0.15) is 5.10 Å². The Morgan fingerprint density at radius 2 is 1.53 bits per heavy atom. The second-order valence-electron chi connectivity index (χ2n) is 10.4. The van der Waals surface area contributed by atoms with E-state index in [0.717, 1.165) is 17.2 Å². The maximum atomic E-state index is 13.5. The summed E-state index contributed by atoms with van der Waals surface area (Å²) in [6.45, 7) is 0. The number of amides is 1. The van der Waals surface area contributed by atoms with Crippen molar-refractivity contribution in [3.8, 4) is 68.4 Å². The Hall–Kier alpha value is -6.83. The second kappa shape index (κ2) is 11.3. The Morgan fingerprint density at radius 3 is 2.26 bits per heavy atom. The number of phenols is 4. The number of carbonyl (C=O) groups is 1. The van der Waals surface area contributed by atoms with E-state index in [4.69, 9.17) is 18.6 Å². The normalized spacial score (nSPS) is 15.3. The van der Waals surface area contributed by atoms with Gasteiger partial charge in [-0.25, -0.2) is 0 Å². The van der Waals surface area contributed by atoms with Gasteiger partial charge in [0.25, 0.3) is 12.2 Å². The molecule has 2 aromatic heterocycles. The van der Waals surface area contributed by atoms with Gasteiger partial charge in [-0.15, -0.1) is 0 Å². The second-order valence-corrected chi connectivity index (χ2v) is 10.4. The van der Waals surface area contributed by atoms with Crippen molar-refractivity contribution in [2.24, 2.45) is 0 Å². The molecule has 0 spiro atoms. The van der Waals surface area contributed by atoms with Crippen molar-refractivity contribution < 1.29 is 49.0 Å². The number of ether oxygens (including phenoxy) is 3. The van der Waals surface area contributed by atoms with E-state index in [-0.39, 0.29) is 28.4 Å². The van der Waals surface area contributed by atoms with E-state index in [1.54, 1.807) is 60.9 Å².